The van der Waals surface area contributed by atoms with Crippen molar-refractivity contribution in [2.24, 2.45) is 17.6 Å². The molecule has 0 rings (SSSR count). The summed E-state index contributed by atoms with van der Waals surface area (Å²) >= 11 is 0. The third-order valence-corrected chi connectivity index (χ3v) is 3.72. The van der Waals surface area contributed by atoms with Gasteiger partial charge in [0.05, 0.1) is 0 Å². The van der Waals surface area contributed by atoms with Crippen molar-refractivity contribution in [1.29, 1.82) is 0 Å². The van der Waals surface area contributed by atoms with Gasteiger partial charge >= 0.3 is 0 Å². The number of rotatable bonds is 8. The number of hydrogen-bond acceptors (Lipinski definition) is 1. The van der Waals surface area contributed by atoms with E-state index < -0.39 is 0 Å². The molecule has 24 heavy (non-hydrogen) atoms. The summed E-state index contributed by atoms with van der Waals surface area (Å²) in [7, 11) is 0. The lowest BCUT2D eigenvalue weighted by atomic mass is 9.86. The molecule has 0 aliphatic carbocycles. The third-order valence-electron chi connectivity index (χ3n) is 3.72. The van der Waals surface area contributed by atoms with Crippen molar-refractivity contribution in [2.45, 2.75) is 75.2 Å². The van der Waals surface area contributed by atoms with Crippen LogP contribution in [0.25, 0.3) is 0 Å². The van der Waals surface area contributed by atoms with Crippen molar-refractivity contribution >= 4 is 0 Å². The topological polar surface area (TPSA) is 26.0 Å². The van der Waals surface area contributed by atoms with E-state index in [0.29, 0.717) is 17.5 Å². The summed E-state index contributed by atoms with van der Waals surface area (Å²) in [4.78, 5) is 0. The van der Waals surface area contributed by atoms with Gasteiger partial charge in [-0.2, -0.15) is 0 Å². The SMILES string of the molecule is C=C(N)/C=C(/C)C(C)/C(=C\C(=C)C(C)C)CC(=C)CC.CC.CC. The van der Waals surface area contributed by atoms with Crippen LogP contribution in [0.5, 0.6) is 0 Å². The highest BCUT2D eigenvalue weighted by atomic mass is 14.5. The number of allylic oxidation sites excluding steroid dienone is 6. The van der Waals surface area contributed by atoms with E-state index in [1.165, 1.54) is 16.7 Å². The Bertz CT molecular complexity index is 433. The highest BCUT2D eigenvalue weighted by molar-refractivity contribution is 5.32. The first-order valence-corrected chi connectivity index (χ1v) is 9.37. The Morgan fingerprint density at radius 3 is 1.75 bits per heavy atom. The number of hydrogen-bond donors (Lipinski definition) is 1. The predicted molar refractivity (Wildman–Crippen MR) is 115 cm³/mol. The third kappa shape index (κ3) is 13.0. The van der Waals surface area contributed by atoms with Crippen molar-refractivity contribution in [3.8, 4) is 0 Å². The van der Waals surface area contributed by atoms with E-state index >= 15 is 0 Å². The molecule has 140 valence electrons. The fourth-order valence-corrected chi connectivity index (χ4v) is 1.86. The lowest BCUT2D eigenvalue weighted by Crippen LogP contribution is -2.05. The van der Waals surface area contributed by atoms with Crippen LogP contribution in [0.2, 0.25) is 0 Å². The summed E-state index contributed by atoms with van der Waals surface area (Å²) < 4.78 is 0. The maximum absolute atomic E-state index is 5.68. The first-order valence-electron chi connectivity index (χ1n) is 9.37. The van der Waals surface area contributed by atoms with E-state index in [1.807, 2.05) is 33.8 Å². The van der Waals surface area contributed by atoms with Gasteiger partial charge in [0.15, 0.2) is 0 Å². The lowest BCUT2D eigenvalue weighted by molar-refractivity contribution is 0.741. The fraction of sp³-hybridized carbons (Fsp3) is 0.565. The van der Waals surface area contributed by atoms with Crippen molar-refractivity contribution in [3.63, 3.8) is 0 Å². The van der Waals surface area contributed by atoms with Crippen LogP contribution in [0.3, 0.4) is 0 Å². The van der Waals surface area contributed by atoms with Crippen molar-refractivity contribution < 1.29 is 0 Å². The molecule has 0 aromatic carbocycles. The van der Waals surface area contributed by atoms with E-state index in [0.717, 1.165) is 18.4 Å². The van der Waals surface area contributed by atoms with Crippen LogP contribution in [0, 0.1) is 11.8 Å². The molecule has 1 heteroatoms. The molecule has 1 nitrogen and oxygen atoms in total. The molecule has 0 aromatic rings. The van der Waals surface area contributed by atoms with E-state index in [2.05, 4.69) is 60.4 Å². The van der Waals surface area contributed by atoms with Gasteiger partial charge in [-0.25, -0.2) is 0 Å². The Morgan fingerprint density at radius 1 is 0.958 bits per heavy atom. The molecule has 0 spiro atoms. The first kappa shape index (κ1) is 27.4. The van der Waals surface area contributed by atoms with Gasteiger partial charge in [-0.3, -0.25) is 0 Å². The van der Waals surface area contributed by atoms with Crippen LogP contribution in [0.15, 0.2) is 59.9 Å². The van der Waals surface area contributed by atoms with E-state index in [1.54, 1.807) is 0 Å². The van der Waals surface area contributed by atoms with Gasteiger partial charge in [-0.15, -0.1) is 0 Å². The molecule has 0 saturated carbocycles. The molecule has 2 N–H and O–H groups in total. The molecule has 1 atom stereocenters. The smallest absolute Gasteiger partial charge is 0.0240 e. The van der Waals surface area contributed by atoms with Crippen molar-refractivity contribution in [2.75, 3.05) is 0 Å². The van der Waals surface area contributed by atoms with Gasteiger partial charge < -0.3 is 5.73 Å². The van der Waals surface area contributed by atoms with Crippen LogP contribution in [0.4, 0.5) is 0 Å². The minimum absolute atomic E-state index is 0.328. The molecular formula is C23H43N. The van der Waals surface area contributed by atoms with Gasteiger partial charge in [0.1, 0.15) is 0 Å². The summed E-state index contributed by atoms with van der Waals surface area (Å²) in [6.45, 7) is 30.8. The monoisotopic (exact) mass is 333 g/mol. The Morgan fingerprint density at radius 2 is 1.42 bits per heavy atom. The summed E-state index contributed by atoms with van der Waals surface area (Å²) in [5, 5.41) is 0. The average molecular weight is 334 g/mol. The van der Waals surface area contributed by atoms with E-state index in [-0.39, 0.29) is 0 Å². The van der Waals surface area contributed by atoms with Gasteiger partial charge in [-0.1, -0.05) is 103 Å². The van der Waals surface area contributed by atoms with Crippen LogP contribution in [0.1, 0.15) is 75.2 Å². The largest absolute Gasteiger partial charge is 0.399 e. The Kier molecular flexibility index (Phi) is 18.6. The van der Waals surface area contributed by atoms with Gasteiger partial charge in [0, 0.05) is 5.70 Å². The molecule has 0 aliphatic heterocycles. The normalized spacial score (nSPS) is 12.4. The lowest BCUT2D eigenvalue weighted by Gasteiger charge is -2.20. The standard InChI is InChI=1S/C19H31N.2C2H6/c1-9-14(4)10-19(12-15(5)13(2)3)18(8)16(6)11-17(7)20;2*1-2/h11-13,18H,4-5,7,9-10,20H2,1-3,6,8H3;2*1-2H3/b16-11-,19-12-;;. The zero-order valence-electron chi connectivity index (χ0n) is 17.9. The molecule has 1 unspecified atom stereocenters. The van der Waals surface area contributed by atoms with E-state index in [4.69, 9.17) is 5.73 Å². The second kappa shape index (κ2) is 16.4. The second-order valence-electron chi connectivity index (χ2n) is 5.91. The predicted octanol–water partition coefficient (Wildman–Crippen LogP) is 7.59. The van der Waals surface area contributed by atoms with Crippen LogP contribution < -0.4 is 5.73 Å². The summed E-state index contributed by atoms with van der Waals surface area (Å²) in [6, 6.07) is 0. The zero-order valence-corrected chi connectivity index (χ0v) is 17.9. The minimum Gasteiger partial charge on any atom is -0.399 e. The maximum atomic E-state index is 5.68. The van der Waals surface area contributed by atoms with E-state index in [9.17, 15) is 0 Å². The molecule has 0 aliphatic rings. The Labute approximate surface area is 153 Å². The van der Waals surface area contributed by atoms with Gasteiger partial charge in [-0.05, 0) is 37.7 Å². The second-order valence-corrected chi connectivity index (χ2v) is 5.91. The maximum Gasteiger partial charge on any atom is 0.0240 e. The molecule has 0 saturated heterocycles. The quantitative estimate of drug-likeness (QED) is 0.359. The molecule has 0 bridgehead atoms. The Balaban J connectivity index is -0.00000102. The highest BCUT2D eigenvalue weighted by Gasteiger charge is 2.13. The van der Waals surface area contributed by atoms with Crippen LogP contribution >= 0.6 is 0 Å². The summed E-state index contributed by atoms with van der Waals surface area (Å²) in [5.74, 6) is 0.787. The zero-order chi connectivity index (χ0) is 19.9. The number of nitrogens with two attached hydrogens (primary N) is 1. The fourth-order valence-electron chi connectivity index (χ4n) is 1.86. The first-order chi connectivity index (χ1) is 11.2. The molecular weight excluding hydrogens is 290 g/mol. The molecule has 0 fully saturated rings. The molecule has 0 radical (unpaired) electrons. The minimum atomic E-state index is 0.328. The van der Waals surface area contributed by atoms with Crippen molar-refractivity contribution in [3.05, 3.63) is 59.9 Å². The molecule has 0 amide bonds. The van der Waals surface area contributed by atoms with Gasteiger partial charge in [0.2, 0.25) is 0 Å². The molecule has 0 aromatic heterocycles. The average Bonchev–Trinajstić information content (AvgIpc) is 2.56. The van der Waals surface area contributed by atoms with Gasteiger partial charge in [0.25, 0.3) is 0 Å². The summed E-state index contributed by atoms with van der Waals surface area (Å²) in [6.07, 6.45) is 6.11. The highest BCUT2D eigenvalue weighted by Crippen LogP contribution is 2.28. The van der Waals surface area contributed by atoms with Crippen molar-refractivity contribution in [1.82, 2.24) is 0 Å². The summed E-state index contributed by atoms with van der Waals surface area (Å²) in [5.41, 5.74) is 11.3. The van der Waals surface area contributed by atoms with Crippen LogP contribution in [-0.4, -0.2) is 0 Å². The molecule has 0 heterocycles. The van der Waals surface area contributed by atoms with Crippen LogP contribution in [-0.2, 0) is 0 Å². The Hall–Kier alpha value is -1.50.